The number of nitrogens with zero attached hydrogens (tertiary/aromatic N) is 5. The maximum atomic E-state index is 5.91. The minimum atomic E-state index is 0.219. The molecule has 0 amide bonds. The number of piperidine rings is 1. The molecule has 0 atom stereocenters. The van der Waals surface area contributed by atoms with Gasteiger partial charge in [-0.05, 0) is 18.9 Å². The fraction of sp³-hybridized carbons (Fsp3) is 0.417. The van der Waals surface area contributed by atoms with E-state index in [9.17, 15) is 0 Å². The summed E-state index contributed by atoms with van der Waals surface area (Å²) in [7, 11) is 0. The average molecular weight is 279 g/mol. The van der Waals surface area contributed by atoms with Crippen molar-refractivity contribution in [3.63, 3.8) is 0 Å². The molecule has 1 aliphatic rings. The topological polar surface area (TPSA) is 72.9 Å². The Morgan fingerprint density at radius 2 is 2.05 bits per heavy atom. The zero-order valence-corrected chi connectivity index (χ0v) is 11.2. The van der Waals surface area contributed by atoms with E-state index in [0.717, 1.165) is 31.7 Å². The van der Waals surface area contributed by atoms with Crippen LogP contribution < -0.4 is 10.6 Å². The molecule has 1 aliphatic heterocycles. The molecule has 2 aromatic rings. The number of hydrogen-bond donors (Lipinski definition) is 1. The van der Waals surface area contributed by atoms with Crippen LogP contribution in [0.1, 0.15) is 18.9 Å². The number of aromatic nitrogens is 4. The number of anilines is 2. The quantitative estimate of drug-likeness (QED) is 0.847. The van der Waals surface area contributed by atoms with Crippen LogP contribution in [0.25, 0.3) is 0 Å². The van der Waals surface area contributed by atoms with E-state index in [4.69, 9.17) is 17.3 Å². The molecule has 1 saturated heterocycles. The predicted octanol–water partition coefficient (Wildman–Crippen LogP) is 1.75. The van der Waals surface area contributed by atoms with Crippen LogP contribution in [0.15, 0.2) is 24.5 Å². The van der Waals surface area contributed by atoms with Crippen molar-refractivity contribution in [3.8, 4) is 0 Å². The Hall–Kier alpha value is -1.82. The van der Waals surface area contributed by atoms with Crippen LogP contribution in [-0.4, -0.2) is 32.8 Å². The van der Waals surface area contributed by atoms with E-state index in [1.54, 1.807) is 6.07 Å². The van der Waals surface area contributed by atoms with Crippen LogP contribution in [0.2, 0.25) is 5.15 Å². The molecule has 0 aliphatic carbocycles. The molecule has 0 radical (unpaired) electrons. The fourth-order valence-electron chi connectivity index (χ4n) is 2.44. The zero-order valence-electron chi connectivity index (χ0n) is 10.4. The molecule has 100 valence electrons. The second kappa shape index (κ2) is 5.05. The molecule has 7 heteroatoms. The third kappa shape index (κ3) is 2.63. The predicted molar refractivity (Wildman–Crippen MR) is 74.2 cm³/mol. The van der Waals surface area contributed by atoms with Crippen molar-refractivity contribution in [3.05, 3.63) is 29.7 Å². The molecule has 0 spiro atoms. The largest absolute Gasteiger partial charge is 0.368 e. The van der Waals surface area contributed by atoms with E-state index >= 15 is 0 Å². The Balaban J connectivity index is 1.70. The smallest absolute Gasteiger partial charge is 0.223 e. The lowest BCUT2D eigenvalue weighted by molar-refractivity contribution is 0.366. The first-order valence-electron chi connectivity index (χ1n) is 6.26. The van der Waals surface area contributed by atoms with Crippen molar-refractivity contribution in [2.75, 3.05) is 23.7 Å². The Labute approximate surface area is 116 Å². The molecular weight excluding hydrogens is 264 g/mol. The van der Waals surface area contributed by atoms with E-state index in [1.807, 2.05) is 23.1 Å². The number of halogens is 1. The van der Waals surface area contributed by atoms with Crippen LogP contribution in [0.3, 0.4) is 0 Å². The Bertz CT molecular complexity index is 527. The lowest BCUT2D eigenvalue weighted by Crippen LogP contribution is -2.35. The summed E-state index contributed by atoms with van der Waals surface area (Å²) in [4.78, 5) is 10.3. The highest BCUT2D eigenvalue weighted by Crippen LogP contribution is 2.26. The molecular formula is C12H15ClN6. The summed E-state index contributed by atoms with van der Waals surface area (Å²) in [6.45, 7) is 1.83. The molecule has 19 heavy (non-hydrogen) atoms. The van der Waals surface area contributed by atoms with Crippen LogP contribution >= 0.6 is 11.6 Å². The summed E-state index contributed by atoms with van der Waals surface area (Å²) >= 11 is 5.91. The number of hydrogen-bond acceptors (Lipinski definition) is 5. The zero-order chi connectivity index (χ0) is 13.2. The Morgan fingerprint density at radius 3 is 2.68 bits per heavy atom. The summed E-state index contributed by atoms with van der Waals surface area (Å²) < 4.78 is 2.03. The van der Waals surface area contributed by atoms with Crippen molar-refractivity contribution in [2.24, 2.45) is 0 Å². The van der Waals surface area contributed by atoms with Gasteiger partial charge in [0, 0.05) is 31.5 Å². The van der Waals surface area contributed by atoms with Gasteiger partial charge in [-0.25, -0.2) is 4.98 Å². The van der Waals surface area contributed by atoms with Gasteiger partial charge in [0.25, 0.3) is 0 Å². The van der Waals surface area contributed by atoms with Gasteiger partial charge in [-0.3, -0.25) is 4.68 Å². The molecule has 6 nitrogen and oxygen atoms in total. The summed E-state index contributed by atoms with van der Waals surface area (Å²) in [6, 6.07) is 4.17. The Morgan fingerprint density at radius 1 is 1.26 bits per heavy atom. The molecule has 3 heterocycles. The number of rotatable bonds is 2. The van der Waals surface area contributed by atoms with E-state index in [-0.39, 0.29) is 5.95 Å². The van der Waals surface area contributed by atoms with Gasteiger partial charge in [-0.15, -0.1) is 0 Å². The van der Waals surface area contributed by atoms with E-state index in [1.165, 1.54) is 0 Å². The van der Waals surface area contributed by atoms with Crippen molar-refractivity contribution in [1.29, 1.82) is 0 Å². The van der Waals surface area contributed by atoms with Gasteiger partial charge < -0.3 is 10.6 Å². The van der Waals surface area contributed by atoms with Gasteiger partial charge in [0.1, 0.15) is 11.0 Å². The standard InChI is InChI=1S/C12H15ClN6/c13-10-8-11(17-12(14)16-10)18-6-2-9(3-7-18)19-5-1-4-15-19/h1,4-5,8-9H,2-3,6-7H2,(H2,14,16,17). The van der Waals surface area contributed by atoms with Crippen molar-refractivity contribution in [1.82, 2.24) is 19.7 Å². The molecule has 3 rings (SSSR count). The monoisotopic (exact) mass is 278 g/mol. The highest BCUT2D eigenvalue weighted by atomic mass is 35.5. The molecule has 0 saturated carbocycles. The molecule has 0 aromatic carbocycles. The minimum Gasteiger partial charge on any atom is -0.368 e. The molecule has 2 aromatic heterocycles. The summed E-state index contributed by atoms with van der Waals surface area (Å²) in [5.74, 6) is 1.02. The maximum absolute atomic E-state index is 5.91. The maximum Gasteiger partial charge on any atom is 0.223 e. The first-order valence-corrected chi connectivity index (χ1v) is 6.64. The molecule has 2 N–H and O–H groups in total. The second-order valence-corrected chi connectivity index (χ2v) is 5.00. The van der Waals surface area contributed by atoms with Crippen molar-refractivity contribution >= 4 is 23.4 Å². The van der Waals surface area contributed by atoms with Crippen molar-refractivity contribution in [2.45, 2.75) is 18.9 Å². The highest BCUT2D eigenvalue weighted by Gasteiger charge is 2.22. The highest BCUT2D eigenvalue weighted by molar-refractivity contribution is 6.29. The fourth-order valence-corrected chi connectivity index (χ4v) is 2.63. The van der Waals surface area contributed by atoms with Crippen LogP contribution in [0.5, 0.6) is 0 Å². The summed E-state index contributed by atoms with van der Waals surface area (Å²) in [6.07, 6.45) is 5.89. The number of nitrogen functional groups attached to an aromatic ring is 1. The van der Waals surface area contributed by atoms with Crippen LogP contribution in [0.4, 0.5) is 11.8 Å². The average Bonchev–Trinajstić information content (AvgIpc) is 2.91. The first-order chi connectivity index (χ1) is 9.22. The molecule has 0 unspecified atom stereocenters. The van der Waals surface area contributed by atoms with Gasteiger partial charge in [0.2, 0.25) is 5.95 Å². The lowest BCUT2D eigenvalue weighted by Gasteiger charge is -2.32. The molecule has 1 fully saturated rings. The van der Waals surface area contributed by atoms with Gasteiger partial charge in [0.05, 0.1) is 6.04 Å². The van der Waals surface area contributed by atoms with Crippen LogP contribution in [-0.2, 0) is 0 Å². The molecule has 0 bridgehead atoms. The normalized spacial score (nSPS) is 16.8. The number of nitrogens with two attached hydrogens (primary N) is 1. The van der Waals surface area contributed by atoms with Gasteiger partial charge in [0.15, 0.2) is 0 Å². The first kappa shape index (κ1) is 12.2. The second-order valence-electron chi connectivity index (χ2n) is 4.61. The third-order valence-corrected chi connectivity index (χ3v) is 3.58. The third-order valence-electron chi connectivity index (χ3n) is 3.39. The van der Waals surface area contributed by atoms with Crippen molar-refractivity contribution < 1.29 is 0 Å². The summed E-state index contributed by atoms with van der Waals surface area (Å²) in [5, 5.41) is 4.68. The summed E-state index contributed by atoms with van der Waals surface area (Å²) in [5.41, 5.74) is 5.62. The van der Waals surface area contributed by atoms with Crippen LogP contribution in [0, 0.1) is 0 Å². The van der Waals surface area contributed by atoms with Gasteiger partial charge >= 0.3 is 0 Å². The Kier molecular flexibility index (Phi) is 3.25. The van der Waals surface area contributed by atoms with E-state index in [2.05, 4.69) is 20.0 Å². The minimum absolute atomic E-state index is 0.219. The van der Waals surface area contributed by atoms with Gasteiger partial charge in [-0.1, -0.05) is 11.6 Å². The van der Waals surface area contributed by atoms with E-state index < -0.39 is 0 Å². The lowest BCUT2D eigenvalue weighted by atomic mass is 10.1. The van der Waals surface area contributed by atoms with E-state index in [0.29, 0.717) is 11.2 Å². The van der Waals surface area contributed by atoms with Gasteiger partial charge in [-0.2, -0.15) is 10.1 Å². The SMILES string of the molecule is Nc1nc(Cl)cc(N2CCC(n3cccn3)CC2)n1.